The second-order valence-corrected chi connectivity index (χ2v) is 7.13. The van der Waals surface area contributed by atoms with E-state index in [9.17, 15) is 13.2 Å². The van der Waals surface area contributed by atoms with Crippen molar-refractivity contribution < 1.29 is 13.2 Å². The molecule has 1 rings (SSSR count). The van der Waals surface area contributed by atoms with Crippen LogP contribution in [0.4, 0.5) is 0 Å². The van der Waals surface area contributed by atoms with Gasteiger partial charge >= 0.3 is 0 Å². The molecule has 0 saturated carbocycles. The third-order valence-electron chi connectivity index (χ3n) is 3.25. The van der Waals surface area contributed by atoms with Crippen LogP contribution in [0.5, 0.6) is 0 Å². The molecule has 0 spiro atoms. The molecule has 1 heterocycles. The molecule has 0 aliphatic carbocycles. The Morgan fingerprint density at radius 3 is 2.06 bits per heavy atom. The third kappa shape index (κ3) is 4.57. The Labute approximate surface area is 110 Å². The highest BCUT2D eigenvalue weighted by atomic mass is 32.2. The van der Waals surface area contributed by atoms with E-state index >= 15 is 0 Å². The summed E-state index contributed by atoms with van der Waals surface area (Å²) in [6.45, 7) is 5.06. The molecule has 1 amide bonds. The monoisotopic (exact) mass is 276 g/mol. The van der Waals surface area contributed by atoms with Crippen molar-refractivity contribution in [2.24, 2.45) is 0 Å². The largest absolute Gasteiger partial charge is 0.342 e. The van der Waals surface area contributed by atoms with E-state index < -0.39 is 10.0 Å². The van der Waals surface area contributed by atoms with Crippen LogP contribution in [-0.2, 0) is 14.8 Å². The molecule has 0 aromatic carbocycles. The predicted molar refractivity (Wildman–Crippen MR) is 71.7 cm³/mol. The first-order valence-electron chi connectivity index (χ1n) is 6.57. The zero-order chi connectivity index (χ0) is 13.8. The van der Waals surface area contributed by atoms with Crippen molar-refractivity contribution in [2.45, 2.75) is 45.6 Å². The Morgan fingerprint density at radius 1 is 1.17 bits per heavy atom. The first kappa shape index (κ1) is 15.4. The average Bonchev–Trinajstić information content (AvgIpc) is 2.51. The van der Waals surface area contributed by atoms with Gasteiger partial charge in [-0.05, 0) is 26.7 Å². The Morgan fingerprint density at radius 2 is 1.67 bits per heavy atom. The van der Waals surface area contributed by atoms with Crippen LogP contribution < -0.4 is 0 Å². The number of sulfonamides is 1. The molecule has 106 valence electrons. The minimum absolute atomic E-state index is 0.0312. The summed E-state index contributed by atoms with van der Waals surface area (Å²) in [4.78, 5) is 13.9. The Kier molecular flexibility index (Phi) is 5.59. The summed E-state index contributed by atoms with van der Waals surface area (Å²) in [6, 6.07) is -0.184. The van der Waals surface area contributed by atoms with Gasteiger partial charge in [-0.2, -0.15) is 4.31 Å². The summed E-state index contributed by atoms with van der Waals surface area (Å²) in [7, 11) is -3.32. The van der Waals surface area contributed by atoms with E-state index in [0.29, 0.717) is 0 Å². The molecule has 0 bridgehead atoms. The maximum Gasteiger partial charge on any atom is 0.237 e. The molecule has 1 fully saturated rings. The quantitative estimate of drug-likeness (QED) is 0.771. The maximum absolute atomic E-state index is 12.1. The van der Waals surface area contributed by atoms with Crippen molar-refractivity contribution in [3.8, 4) is 0 Å². The predicted octanol–water partition coefficient (Wildman–Crippen LogP) is 1.06. The van der Waals surface area contributed by atoms with Gasteiger partial charge in [0.2, 0.25) is 15.9 Å². The van der Waals surface area contributed by atoms with Crippen LogP contribution in [-0.4, -0.2) is 55.5 Å². The van der Waals surface area contributed by atoms with E-state index in [0.717, 1.165) is 45.0 Å². The van der Waals surface area contributed by atoms with Crippen molar-refractivity contribution >= 4 is 15.9 Å². The van der Waals surface area contributed by atoms with Crippen LogP contribution in [0.25, 0.3) is 0 Å². The van der Waals surface area contributed by atoms with Gasteiger partial charge in [-0.3, -0.25) is 4.79 Å². The summed E-state index contributed by atoms with van der Waals surface area (Å²) in [5.74, 6) is -0.0731. The third-order valence-corrected chi connectivity index (χ3v) is 4.65. The average molecular weight is 276 g/mol. The lowest BCUT2D eigenvalue weighted by Crippen LogP contribution is -2.45. The van der Waals surface area contributed by atoms with Crippen LogP contribution in [0.15, 0.2) is 0 Å². The van der Waals surface area contributed by atoms with Crippen LogP contribution in [0.2, 0.25) is 0 Å². The Bertz CT molecular complexity index is 371. The number of hydrogen-bond donors (Lipinski definition) is 0. The Balaban J connectivity index is 2.66. The number of hydrogen-bond acceptors (Lipinski definition) is 3. The minimum Gasteiger partial charge on any atom is -0.342 e. The van der Waals surface area contributed by atoms with Crippen molar-refractivity contribution in [3.63, 3.8) is 0 Å². The fourth-order valence-electron chi connectivity index (χ4n) is 2.24. The second kappa shape index (κ2) is 6.52. The lowest BCUT2D eigenvalue weighted by atomic mass is 10.2. The molecule has 5 nitrogen and oxygen atoms in total. The molecule has 1 aliphatic rings. The van der Waals surface area contributed by atoms with Gasteiger partial charge in [0.1, 0.15) is 0 Å². The Hall–Kier alpha value is -0.620. The lowest BCUT2D eigenvalue weighted by molar-refractivity contribution is -0.131. The standard InChI is InChI=1S/C12H24N2O3S/c1-11(2)14(18(3,16)17)10-12(15)13-8-6-4-5-7-9-13/h11H,4-10H2,1-3H3. The van der Waals surface area contributed by atoms with E-state index in [1.54, 1.807) is 18.7 Å². The number of amides is 1. The van der Waals surface area contributed by atoms with Crippen LogP contribution in [0, 0.1) is 0 Å². The van der Waals surface area contributed by atoms with Gasteiger partial charge in [-0.15, -0.1) is 0 Å². The van der Waals surface area contributed by atoms with Crippen molar-refractivity contribution in [1.82, 2.24) is 9.21 Å². The first-order valence-corrected chi connectivity index (χ1v) is 8.42. The molecule has 6 heteroatoms. The van der Waals surface area contributed by atoms with Crippen LogP contribution >= 0.6 is 0 Å². The normalized spacial score (nSPS) is 18.2. The summed E-state index contributed by atoms with van der Waals surface area (Å²) in [6.07, 6.45) is 5.51. The number of carbonyl (C=O) groups excluding carboxylic acids is 1. The van der Waals surface area contributed by atoms with Gasteiger partial charge in [-0.25, -0.2) is 8.42 Å². The molecule has 0 atom stereocenters. The molecule has 0 N–H and O–H groups in total. The van der Waals surface area contributed by atoms with E-state index in [2.05, 4.69) is 0 Å². The molecule has 0 aromatic heterocycles. The van der Waals surface area contributed by atoms with Crippen LogP contribution in [0.1, 0.15) is 39.5 Å². The molecule has 1 aliphatic heterocycles. The fraction of sp³-hybridized carbons (Fsp3) is 0.917. The SMILES string of the molecule is CC(C)N(CC(=O)N1CCCCCC1)S(C)(=O)=O. The van der Waals surface area contributed by atoms with Gasteiger partial charge in [0.05, 0.1) is 12.8 Å². The highest BCUT2D eigenvalue weighted by molar-refractivity contribution is 7.88. The van der Waals surface area contributed by atoms with Crippen molar-refractivity contribution in [2.75, 3.05) is 25.9 Å². The summed E-state index contributed by atoms with van der Waals surface area (Å²) in [5, 5.41) is 0. The number of carbonyl (C=O) groups is 1. The number of likely N-dealkylation sites (tertiary alicyclic amines) is 1. The van der Waals surface area contributed by atoms with E-state index in [1.165, 1.54) is 4.31 Å². The second-order valence-electron chi connectivity index (χ2n) is 5.20. The van der Waals surface area contributed by atoms with E-state index in [-0.39, 0.29) is 18.5 Å². The number of nitrogens with zero attached hydrogens (tertiary/aromatic N) is 2. The first-order chi connectivity index (χ1) is 8.32. The molecule has 0 radical (unpaired) electrons. The van der Waals surface area contributed by atoms with E-state index in [1.807, 2.05) is 0 Å². The summed E-state index contributed by atoms with van der Waals surface area (Å²) in [5.41, 5.74) is 0. The highest BCUT2D eigenvalue weighted by Crippen LogP contribution is 2.12. The molecule has 18 heavy (non-hydrogen) atoms. The highest BCUT2D eigenvalue weighted by Gasteiger charge is 2.25. The van der Waals surface area contributed by atoms with E-state index in [4.69, 9.17) is 0 Å². The van der Waals surface area contributed by atoms with Crippen molar-refractivity contribution in [1.29, 1.82) is 0 Å². The van der Waals surface area contributed by atoms with Gasteiger partial charge in [0.25, 0.3) is 0 Å². The molecular weight excluding hydrogens is 252 g/mol. The van der Waals surface area contributed by atoms with Crippen molar-refractivity contribution in [3.05, 3.63) is 0 Å². The topological polar surface area (TPSA) is 57.7 Å². The molecular formula is C12H24N2O3S. The summed E-state index contributed by atoms with van der Waals surface area (Å²) < 4.78 is 24.5. The van der Waals surface area contributed by atoms with Crippen LogP contribution in [0.3, 0.4) is 0 Å². The fourth-order valence-corrected chi connectivity index (χ4v) is 3.35. The van der Waals surface area contributed by atoms with Gasteiger partial charge in [-0.1, -0.05) is 12.8 Å². The minimum atomic E-state index is -3.32. The lowest BCUT2D eigenvalue weighted by Gasteiger charge is -2.27. The maximum atomic E-state index is 12.1. The molecule has 0 aromatic rings. The zero-order valence-corrected chi connectivity index (χ0v) is 12.4. The molecule has 0 unspecified atom stereocenters. The van der Waals surface area contributed by atoms with Gasteiger partial charge in [0, 0.05) is 19.1 Å². The number of rotatable bonds is 4. The molecule has 1 saturated heterocycles. The van der Waals surface area contributed by atoms with Gasteiger partial charge < -0.3 is 4.90 Å². The summed E-state index contributed by atoms with van der Waals surface area (Å²) >= 11 is 0. The zero-order valence-electron chi connectivity index (χ0n) is 11.6. The smallest absolute Gasteiger partial charge is 0.237 e. The van der Waals surface area contributed by atoms with Gasteiger partial charge in [0.15, 0.2) is 0 Å².